The molecule has 1 amide bonds. The van der Waals surface area contributed by atoms with Crippen molar-refractivity contribution in [1.29, 1.82) is 0 Å². The van der Waals surface area contributed by atoms with Gasteiger partial charge in [0.25, 0.3) is 0 Å². The lowest BCUT2D eigenvalue weighted by molar-refractivity contribution is -0.121. The van der Waals surface area contributed by atoms with Crippen LogP contribution in [0.3, 0.4) is 0 Å². The van der Waals surface area contributed by atoms with Gasteiger partial charge in [-0.3, -0.25) is 4.79 Å². The normalized spacial score (nSPS) is 20.6. The van der Waals surface area contributed by atoms with E-state index in [2.05, 4.69) is 22.5 Å². The van der Waals surface area contributed by atoms with Gasteiger partial charge in [0.15, 0.2) is 0 Å². The van der Waals surface area contributed by atoms with Crippen LogP contribution in [0.4, 0.5) is 0 Å². The van der Waals surface area contributed by atoms with Crippen LogP contribution in [0.2, 0.25) is 0 Å². The molecule has 0 saturated carbocycles. The largest absolute Gasteiger partial charge is 0.379 e. The van der Waals surface area contributed by atoms with Crippen molar-refractivity contribution in [3.05, 3.63) is 12.4 Å². The summed E-state index contributed by atoms with van der Waals surface area (Å²) in [5.41, 5.74) is 0. The van der Waals surface area contributed by atoms with Gasteiger partial charge in [0.1, 0.15) is 0 Å². The van der Waals surface area contributed by atoms with Crippen LogP contribution in [0.25, 0.3) is 0 Å². The number of thioether (sulfide) groups is 1. The first kappa shape index (κ1) is 32.1. The van der Waals surface area contributed by atoms with E-state index in [4.69, 9.17) is 28.4 Å². The fraction of sp³-hybridized carbons (Fsp3) is 0.885. The number of nitrogens with one attached hydrogen (secondary N) is 3. The highest BCUT2D eigenvalue weighted by molar-refractivity contribution is 8.00. The summed E-state index contributed by atoms with van der Waals surface area (Å²) in [6, 6.07) is 1.000. The first-order valence-corrected chi connectivity index (χ1v) is 14.8. The molecule has 11 heteroatoms. The number of hydrogen-bond acceptors (Lipinski definition) is 10. The minimum atomic E-state index is 0.130. The number of carbonyl (C=O) groups excluding carboxylic acids is 1. The standard InChI is InChI=1S/C26H49N3O7S/c1-3-31-11-12-33-15-16-35-19-20-36-18-17-34-14-13-32-10-6-9-27-25(30)8-5-4-7-24-26-23(21-37-24)28-22(2)29-26/h23-24,26,28-29H,2-21H2,1H3,(H,27,30)/t23-,24-,26-/m0/s1. The molecule has 2 aliphatic heterocycles. The van der Waals surface area contributed by atoms with E-state index in [-0.39, 0.29) is 5.91 Å². The highest BCUT2D eigenvalue weighted by Crippen LogP contribution is 2.34. The van der Waals surface area contributed by atoms with Crippen LogP contribution in [0, 0.1) is 0 Å². The van der Waals surface area contributed by atoms with Crippen LogP contribution < -0.4 is 16.0 Å². The minimum absolute atomic E-state index is 0.130. The molecule has 37 heavy (non-hydrogen) atoms. The van der Waals surface area contributed by atoms with Crippen molar-refractivity contribution in [3.63, 3.8) is 0 Å². The van der Waals surface area contributed by atoms with Crippen LogP contribution in [-0.2, 0) is 33.2 Å². The third kappa shape index (κ3) is 15.8. The molecule has 0 spiro atoms. The lowest BCUT2D eigenvalue weighted by Gasteiger charge is -2.17. The molecule has 3 atom stereocenters. The van der Waals surface area contributed by atoms with Gasteiger partial charge in [0, 0.05) is 37.2 Å². The Hall–Kier alpha value is -1.08. The third-order valence-electron chi connectivity index (χ3n) is 6.02. The first-order valence-electron chi connectivity index (χ1n) is 13.8. The molecule has 0 bridgehead atoms. The molecule has 0 aromatic carbocycles. The molecule has 0 aromatic rings. The third-order valence-corrected chi connectivity index (χ3v) is 7.53. The maximum Gasteiger partial charge on any atom is 0.219 e. The summed E-state index contributed by atoms with van der Waals surface area (Å²) in [7, 11) is 0. The average Bonchev–Trinajstić information content (AvgIpc) is 3.44. The Balaban J connectivity index is 1.23. The fourth-order valence-corrected chi connectivity index (χ4v) is 5.66. The van der Waals surface area contributed by atoms with Crippen LogP contribution >= 0.6 is 11.8 Å². The van der Waals surface area contributed by atoms with Gasteiger partial charge in [-0.15, -0.1) is 0 Å². The van der Waals surface area contributed by atoms with Crippen LogP contribution in [0.15, 0.2) is 12.4 Å². The lowest BCUT2D eigenvalue weighted by Crippen LogP contribution is -2.36. The Morgan fingerprint density at radius 1 is 0.838 bits per heavy atom. The zero-order valence-corrected chi connectivity index (χ0v) is 23.5. The smallest absolute Gasteiger partial charge is 0.219 e. The highest BCUT2D eigenvalue weighted by atomic mass is 32.2. The zero-order valence-electron chi connectivity index (χ0n) is 22.6. The molecule has 10 nitrogen and oxygen atoms in total. The van der Waals surface area contributed by atoms with Gasteiger partial charge in [-0.05, 0) is 26.2 Å². The summed E-state index contributed by atoms with van der Waals surface area (Å²) < 4.78 is 32.4. The second kappa shape index (κ2) is 21.8. The number of ether oxygens (including phenoxy) is 6. The second-order valence-electron chi connectivity index (χ2n) is 8.98. The Labute approximate surface area is 227 Å². The van der Waals surface area contributed by atoms with Crippen molar-refractivity contribution < 1.29 is 33.2 Å². The molecule has 0 unspecified atom stereocenters. The quantitative estimate of drug-likeness (QED) is 0.146. The van der Waals surface area contributed by atoms with Crippen LogP contribution in [0.1, 0.15) is 39.0 Å². The van der Waals surface area contributed by atoms with Gasteiger partial charge in [0.2, 0.25) is 5.91 Å². The van der Waals surface area contributed by atoms with Gasteiger partial charge in [0.05, 0.1) is 84.0 Å². The van der Waals surface area contributed by atoms with Crippen LogP contribution in [-0.4, -0.2) is 115 Å². The summed E-state index contributed by atoms with van der Waals surface area (Å²) >= 11 is 2.02. The predicted molar refractivity (Wildman–Crippen MR) is 146 cm³/mol. The minimum Gasteiger partial charge on any atom is -0.379 e. The van der Waals surface area contributed by atoms with E-state index in [1.807, 2.05) is 18.7 Å². The van der Waals surface area contributed by atoms with Crippen molar-refractivity contribution in [2.24, 2.45) is 0 Å². The number of carbonyl (C=O) groups is 1. The van der Waals surface area contributed by atoms with E-state index in [1.165, 1.54) is 0 Å². The molecule has 3 N–H and O–H groups in total. The van der Waals surface area contributed by atoms with Crippen molar-refractivity contribution >= 4 is 17.7 Å². The Morgan fingerprint density at radius 3 is 2.00 bits per heavy atom. The Bertz CT molecular complexity index is 603. The summed E-state index contributed by atoms with van der Waals surface area (Å²) in [5.74, 6) is 2.21. The molecule has 0 aliphatic carbocycles. The van der Waals surface area contributed by atoms with E-state index in [9.17, 15) is 4.79 Å². The van der Waals surface area contributed by atoms with Gasteiger partial charge in [-0.25, -0.2) is 0 Å². The zero-order chi connectivity index (χ0) is 26.4. The average molecular weight is 548 g/mol. The number of fused-ring (bicyclic) bond motifs is 1. The predicted octanol–water partition coefficient (Wildman–Crippen LogP) is 1.69. The lowest BCUT2D eigenvalue weighted by atomic mass is 10.0. The summed E-state index contributed by atoms with van der Waals surface area (Å²) in [5, 5.41) is 10.4. The molecule has 0 aromatic heterocycles. The summed E-state index contributed by atoms with van der Waals surface area (Å²) in [6.45, 7) is 13.5. The number of rotatable bonds is 25. The summed E-state index contributed by atoms with van der Waals surface area (Å²) in [6.07, 6.45) is 4.55. The number of unbranched alkanes of at least 4 members (excludes halogenated alkanes) is 1. The maximum atomic E-state index is 12.0. The maximum absolute atomic E-state index is 12.0. The molecule has 2 fully saturated rings. The molecule has 216 valence electrons. The van der Waals surface area contributed by atoms with Gasteiger partial charge in [-0.1, -0.05) is 13.0 Å². The highest BCUT2D eigenvalue weighted by Gasteiger charge is 2.40. The van der Waals surface area contributed by atoms with E-state index in [0.717, 1.165) is 37.3 Å². The van der Waals surface area contributed by atoms with Gasteiger partial charge >= 0.3 is 0 Å². The van der Waals surface area contributed by atoms with E-state index in [0.29, 0.717) is 110 Å². The van der Waals surface area contributed by atoms with Gasteiger partial charge < -0.3 is 44.4 Å². The van der Waals surface area contributed by atoms with Crippen molar-refractivity contribution in [1.82, 2.24) is 16.0 Å². The molecular formula is C26H49N3O7S. The number of amides is 1. The molecule has 0 radical (unpaired) electrons. The molecule has 2 aliphatic rings. The van der Waals surface area contributed by atoms with E-state index in [1.54, 1.807) is 0 Å². The van der Waals surface area contributed by atoms with Crippen molar-refractivity contribution in [2.45, 2.75) is 56.4 Å². The molecule has 2 saturated heterocycles. The van der Waals surface area contributed by atoms with Gasteiger partial charge in [-0.2, -0.15) is 11.8 Å². The second-order valence-corrected chi connectivity index (χ2v) is 10.3. The monoisotopic (exact) mass is 547 g/mol. The Kier molecular flexibility index (Phi) is 18.9. The van der Waals surface area contributed by atoms with Crippen LogP contribution in [0.5, 0.6) is 0 Å². The van der Waals surface area contributed by atoms with E-state index >= 15 is 0 Å². The molecule has 2 heterocycles. The summed E-state index contributed by atoms with van der Waals surface area (Å²) in [4.78, 5) is 12.0. The topological polar surface area (TPSA) is 109 Å². The number of hydrogen-bond donors (Lipinski definition) is 3. The SMILES string of the molecule is C=C1N[C@H]2[C@H](CS[C@H]2CCCCC(=O)NCCCOCCOCCOCCOCCOCCOCC)N1. The molecule has 2 rings (SSSR count). The Morgan fingerprint density at radius 2 is 1.41 bits per heavy atom. The van der Waals surface area contributed by atoms with Crippen molar-refractivity contribution in [2.75, 3.05) is 91.6 Å². The molecular weight excluding hydrogens is 498 g/mol. The fourth-order valence-electron chi connectivity index (χ4n) is 4.11. The first-order chi connectivity index (χ1) is 18.2. The van der Waals surface area contributed by atoms with Crippen molar-refractivity contribution in [3.8, 4) is 0 Å². The van der Waals surface area contributed by atoms with E-state index < -0.39 is 0 Å².